The van der Waals surface area contributed by atoms with Gasteiger partial charge in [0.05, 0.1) is 17.2 Å². The SMILES string of the molecule is Cc1ccc([N+](=O)[O-])cc1NC(=O)CCN(C)CCO. The van der Waals surface area contributed by atoms with Crippen LogP contribution in [0.2, 0.25) is 0 Å². The van der Waals surface area contributed by atoms with Gasteiger partial charge in [-0.05, 0) is 19.5 Å². The summed E-state index contributed by atoms with van der Waals surface area (Å²) in [6.45, 7) is 2.84. The Morgan fingerprint density at radius 2 is 2.15 bits per heavy atom. The molecule has 2 N–H and O–H groups in total. The number of nitrogens with zero attached hydrogens (tertiary/aromatic N) is 2. The third-order valence-corrected chi connectivity index (χ3v) is 2.91. The maximum atomic E-state index is 11.8. The average molecular weight is 281 g/mol. The lowest BCUT2D eigenvalue weighted by Gasteiger charge is -2.14. The van der Waals surface area contributed by atoms with Gasteiger partial charge in [-0.1, -0.05) is 6.07 Å². The van der Waals surface area contributed by atoms with E-state index in [-0.39, 0.29) is 24.6 Å². The molecule has 1 rings (SSSR count). The van der Waals surface area contributed by atoms with E-state index in [9.17, 15) is 14.9 Å². The van der Waals surface area contributed by atoms with Crippen molar-refractivity contribution in [1.29, 1.82) is 0 Å². The normalized spacial score (nSPS) is 10.6. The quantitative estimate of drug-likeness (QED) is 0.577. The highest BCUT2D eigenvalue weighted by atomic mass is 16.6. The maximum absolute atomic E-state index is 11.8. The number of hydrogen-bond donors (Lipinski definition) is 2. The monoisotopic (exact) mass is 281 g/mol. The average Bonchev–Trinajstić information content (AvgIpc) is 2.39. The first-order valence-electron chi connectivity index (χ1n) is 6.28. The summed E-state index contributed by atoms with van der Waals surface area (Å²) in [5.41, 5.74) is 1.17. The van der Waals surface area contributed by atoms with Gasteiger partial charge < -0.3 is 15.3 Å². The number of hydrogen-bond acceptors (Lipinski definition) is 5. The number of carbonyl (C=O) groups is 1. The van der Waals surface area contributed by atoms with E-state index in [4.69, 9.17) is 5.11 Å². The molecule has 0 saturated heterocycles. The fraction of sp³-hybridized carbons (Fsp3) is 0.462. The van der Waals surface area contributed by atoms with Crippen molar-refractivity contribution in [2.75, 3.05) is 32.1 Å². The van der Waals surface area contributed by atoms with Crippen LogP contribution in [0.1, 0.15) is 12.0 Å². The van der Waals surface area contributed by atoms with Crippen LogP contribution in [0, 0.1) is 17.0 Å². The van der Waals surface area contributed by atoms with E-state index in [1.54, 1.807) is 13.0 Å². The molecule has 20 heavy (non-hydrogen) atoms. The zero-order valence-corrected chi connectivity index (χ0v) is 11.6. The first-order chi connectivity index (χ1) is 9.43. The fourth-order valence-corrected chi connectivity index (χ4v) is 1.65. The summed E-state index contributed by atoms with van der Waals surface area (Å²) in [5.74, 6) is -0.210. The van der Waals surface area contributed by atoms with Crippen molar-refractivity contribution in [2.24, 2.45) is 0 Å². The van der Waals surface area contributed by atoms with Crippen molar-refractivity contribution in [3.05, 3.63) is 33.9 Å². The van der Waals surface area contributed by atoms with E-state index >= 15 is 0 Å². The van der Waals surface area contributed by atoms with Crippen LogP contribution in [0.3, 0.4) is 0 Å². The molecule has 0 aromatic heterocycles. The number of rotatable bonds is 7. The number of nitro groups is 1. The summed E-state index contributed by atoms with van der Waals surface area (Å²) in [6, 6.07) is 4.36. The number of anilines is 1. The number of nitro benzene ring substituents is 1. The van der Waals surface area contributed by atoms with Crippen molar-refractivity contribution in [1.82, 2.24) is 4.90 Å². The Labute approximate surface area is 117 Å². The minimum Gasteiger partial charge on any atom is -0.395 e. The molecule has 7 nitrogen and oxygen atoms in total. The minimum absolute atomic E-state index is 0.0438. The highest BCUT2D eigenvalue weighted by molar-refractivity contribution is 5.92. The molecular weight excluding hydrogens is 262 g/mol. The molecule has 110 valence electrons. The van der Waals surface area contributed by atoms with E-state index in [1.165, 1.54) is 12.1 Å². The number of nitrogens with one attached hydrogen (secondary N) is 1. The minimum atomic E-state index is -0.496. The molecule has 1 aromatic carbocycles. The van der Waals surface area contributed by atoms with E-state index < -0.39 is 4.92 Å². The van der Waals surface area contributed by atoms with Gasteiger partial charge in [0.15, 0.2) is 0 Å². The number of likely N-dealkylation sites (N-methyl/N-ethyl adjacent to an activating group) is 1. The van der Waals surface area contributed by atoms with Crippen LogP contribution in [-0.4, -0.2) is 47.6 Å². The Kier molecular flexibility index (Phi) is 6.08. The van der Waals surface area contributed by atoms with Crippen LogP contribution in [0.25, 0.3) is 0 Å². The lowest BCUT2D eigenvalue weighted by atomic mass is 10.1. The van der Waals surface area contributed by atoms with Gasteiger partial charge in [0.1, 0.15) is 0 Å². The summed E-state index contributed by atoms with van der Waals surface area (Å²) >= 11 is 0. The van der Waals surface area contributed by atoms with Gasteiger partial charge in [-0.3, -0.25) is 14.9 Å². The number of aryl methyl sites for hydroxylation is 1. The van der Waals surface area contributed by atoms with Crippen LogP contribution >= 0.6 is 0 Å². The van der Waals surface area contributed by atoms with Crippen LogP contribution < -0.4 is 5.32 Å². The van der Waals surface area contributed by atoms with E-state index in [2.05, 4.69) is 5.32 Å². The van der Waals surface area contributed by atoms with Crippen LogP contribution in [0.4, 0.5) is 11.4 Å². The number of amides is 1. The molecule has 1 amide bonds. The Balaban J connectivity index is 2.61. The third kappa shape index (κ3) is 4.94. The van der Waals surface area contributed by atoms with E-state index in [0.29, 0.717) is 18.8 Å². The molecule has 0 unspecified atom stereocenters. The van der Waals surface area contributed by atoms with E-state index in [1.807, 2.05) is 11.9 Å². The van der Waals surface area contributed by atoms with Gasteiger partial charge >= 0.3 is 0 Å². The number of benzene rings is 1. The lowest BCUT2D eigenvalue weighted by molar-refractivity contribution is -0.384. The van der Waals surface area contributed by atoms with Crippen LogP contribution in [-0.2, 0) is 4.79 Å². The molecule has 0 atom stereocenters. The van der Waals surface area contributed by atoms with Gasteiger partial charge in [-0.2, -0.15) is 0 Å². The van der Waals surface area contributed by atoms with Crippen molar-refractivity contribution in [3.63, 3.8) is 0 Å². The summed E-state index contributed by atoms with van der Waals surface area (Å²) in [5, 5.41) is 22.1. The van der Waals surface area contributed by atoms with Gasteiger partial charge in [-0.25, -0.2) is 0 Å². The summed E-state index contributed by atoms with van der Waals surface area (Å²) in [7, 11) is 1.81. The summed E-state index contributed by atoms with van der Waals surface area (Å²) in [6.07, 6.45) is 0.263. The largest absolute Gasteiger partial charge is 0.395 e. The molecular formula is C13H19N3O4. The molecule has 0 bridgehead atoms. The van der Waals surface area contributed by atoms with Crippen molar-refractivity contribution < 1.29 is 14.8 Å². The van der Waals surface area contributed by atoms with Crippen LogP contribution in [0.5, 0.6) is 0 Å². The number of carbonyl (C=O) groups excluding carboxylic acids is 1. The maximum Gasteiger partial charge on any atom is 0.271 e. The van der Waals surface area contributed by atoms with E-state index in [0.717, 1.165) is 5.56 Å². The topological polar surface area (TPSA) is 95.7 Å². The zero-order valence-electron chi connectivity index (χ0n) is 11.6. The smallest absolute Gasteiger partial charge is 0.271 e. The Hall–Kier alpha value is -1.99. The second kappa shape index (κ2) is 7.56. The molecule has 0 heterocycles. The summed E-state index contributed by atoms with van der Waals surface area (Å²) < 4.78 is 0. The zero-order chi connectivity index (χ0) is 15.1. The number of aliphatic hydroxyl groups excluding tert-OH is 1. The first kappa shape index (κ1) is 16.1. The molecule has 0 aliphatic rings. The fourth-order valence-electron chi connectivity index (χ4n) is 1.65. The Morgan fingerprint density at radius 1 is 1.45 bits per heavy atom. The second-order valence-electron chi connectivity index (χ2n) is 4.58. The Bertz CT molecular complexity index is 491. The molecule has 0 aliphatic heterocycles. The Morgan fingerprint density at radius 3 is 2.75 bits per heavy atom. The van der Waals surface area contributed by atoms with Crippen molar-refractivity contribution in [2.45, 2.75) is 13.3 Å². The highest BCUT2D eigenvalue weighted by Gasteiger charge is 2.11. The van der Waals surface area contributed by atoms with Gasteiger partial charge in [0, 0.05) is 31.6 Å². The second-order valence-corrected chi connectivity index (χ2v) is 4.58. The van der Waals surface area contributed by atoms with Crippen LogP contribution in [0.15, 0.2) is 18.2 Å². The summed E-state index contributed by atoms with van der Waals surface area (Å²) in [4.78, 5) is 23.8. The molecule has 1 aromatic rings. The lowest BCUT2D eigenvalue weighted by Crippen LogP contribution is -2.26. The molecule has 0 fully saturated rings. The number of non-ortho nitro benzene ring substituents is 1. The third-order valence-electron chi connectivity index (χ3n) is 2.91. The standard InChI is InChI=1S/C13H19N3O4/c1-10-3-4-11(16(19)20)9-12(10)14-13(18)5-6-15(2)7-8-17/h3-4,9,17H,5-8H2,1-2H3,(H,14,18). The predicted molar refractivity (Wildman–Crippen MR) is 75.7 cm³/mol. The van der Waals surface area contributed by atoms with Crippen molar-refractivity contribution in [3.8, 4) is 0 Å². The molecule has 0 saturated carbocycles. The number of aliphatic hydroxyl groups is 1. The van der Waals surface area contributed by atoms with Gasteiger partial charge in [-0.15, -0.1) is 0 Å². The molecule has 7 heteroatoms. The van der Waals surface area contributed by atoms with Crippen molar-refractivity contribution >= 4 is 17.3 Å². The molecule has 0 spiro atoms. The molecule has 0 radical (unpaired) electrons. The first-order valence-corrected chi connectivity index (χ1v) is 6.28. The van der Waals surface area contributed by atoms with Gasteiger partial charge in [0.25, 0.3) is 5.69 Å². The predicted octanol–water partition coefficient (Wildman–Crippen LogP) is 1.16. The van der Waals surface area contributed by atoms with Gasteiger partial charge in [0.2, 0.25) is 5.91 Å². The highest BCUT2D eigenvalue weighted by Crippen LogP contribution is 2.21. The molecule has 0 aliphatic carbocycles.